The smallest absolute Gasteiger partial charge is 0.462 e. The summed E-state index contributed by atoms with van der Waals surface area (Å²) in [5, 5.41) is 50.0. The first kappa shape index (κ1) is 52.6. The summed E-state index contributed by atoms with van der Waals surface area (Å²) in [5.74, 6) is -1.10. The zero-order valence-electron chi connectivity index (χ0n) is 34.7. The number of phosphoric acid groups is 1. The molecule has 330 valence electrons. The number of aliphatic hydroxyl groups is 5. The van der Waals surface area contributed by atoms with Gasteiger partial charge in [0.15, 0.2) is 6.10 Å². The van der Waals surface area contributed by atoms with Gasteiger partial charge in [0.25, 0.3) is 0 Å². The number of aliphatic hydroxyl groups excluding tert-OH is 5. The van der Waals surface area contributed by atoms with E-state index in [-0.39, 0.29) is 12.8 Å². The van der Waals surface area contributed by atoms with Gasteiger partial charge in [-0.25, -0.2) is 4.57 Å². The van der Waals surface area contributed by atoms with Gasteiger partial charge >= 0.3 is 19.8 Å². The molecule has 1 rings (SSSR count). The quantitative estimate of drug-likeness (QED) is 0.0154. The van der Waals surface area contributed by atoms with Crippen LogP contribution in [0.2, 0.25) is 0 Å². The topological polar surface area (TPSA) is 210 Å². The van der Waals surface area contributed by atoms with Gasteiger partial charge < -0.3 is 39.9 Å². The molecular formula is C42H79O13P. The monoisotopic (exact) mass is 823 g/mol. The van der Waals surface area contributed by atoms with Crippen LogP contribution in [0.3, 0.4) is 0 Å². The average molecular weight is 823 g/mol. The van der Waals surface area contributed by atoms with Gasteiger partial charge in [-0.3, -0.25) is 18.6 Å². The molecule has 1 saturated carbocycles. The van der Waals surface area contributed by atoms with Crippen molar-refractivity contribution in [3.8, 4) is 0 Å². The molecule has 0 aromatic carbocycles. The number of phosphoric ester groups is 1. The average Bonchev–Trinajstić information content (AvgIpc) is 3.18. The Kier molecular flexibility index (Phi) is 31.4. The Morgan fingerprint density at radius 2 is 0.911 bits per heavy atom. The maximum Gasteiger partial charge on any atom is 0.472 e. The molecule has 6 unspecified atom stereocenters. The number of allylic oxidation sites excluding steroid dienone is 2. The molecule has 8 atom stereocenters. The zero-order valence-corrected chi connectivity index (χ0v) is 35.6. The minimum atomic E-state index is -5.11. The van der Waals surface area contributed by atoms with Crippen molar-refractivity contribution in [2.45, 2.75) is 230 Å². The standard InChI is InChI=1S/C42H79O13P/c1-3-5-7-9-11-13-15-17-18-19-21-23-25-27-29-31-36(44)54-34(32-52-35(43)30-28-26-24-22-20-16-14-12-10-8-6-4-2)33-53-56(50,51)55-42-40(48)38(46)37(45)39(47)41(42)49/h12,14,34,37-42,45-49H,3-11,13,15-33H2,1-2H3,(H,50,51)/b14-12+/t34-,37?,38+,39?,40?,41?,42?/m1/s1. The lowest BCUT2D eigenvalue weighted by Gasteiger charge is -2.41. The number of rotatable bonds is 36. The Balaban J connectivity index is 2.48. The van der Waals surface area contributed by atoms with E-state index in [1.165, 1.54) is 89.9 Å². The Morgan fingerprint density at radius 3 is 1.39 bits per heavy atom. The molecule has 13 nitrogen and oxygen atoms in total. The summed E-state index contributed by atoms with van der Waals surface area (Å²) in [5.41, 5.74) is 0. The normalized spacial score (nSPS) is 22.9. The van der Waals surface area contributed by atoms with Crippen LogP contribution in [0.15, 0.2) is 12.2 Å². The molecule has 0 heterocycles. The van der Waals surface area contributed by atoms with Gasteiger partial charge in [-0.1, -0.05) is 148 Å². The molecule has 0 bridgehead atoms. The van der Waals surface area contributed by atoms with Crippen molar-refractivity contribution in [1.29, 1.82) is 0 Å². The fourth-order valence-electron chi connectivity index (χ4n) is 6.75. The molecular weight excluding hydrogens is 743 g/mol. The molecule has 1 fully saturated rings. The van der Waals surface area contributed by atoms with Crippen molar-refractivity contribution in [1.82, 2.24) is 0 Å². The second-order valence-electron chi connectivity index (χ2n) is 15.6. The highest BCUT2D eigenvalue weighted by Gasteiger charge is 2.51. The lowest BCUT2D eigenvalue weighted by atomic mass is 9.85. The summed E-state index contributed by atoms with van der Waals surface area (Å²) >= 11 is 0. The van der Waals surface area contributed by atoms with E-state index in [0.717, 1.165) is 57.8 Å². The molecule has 0 amide bonds. The van der Waals surface area contributed by atoms with Gasteiger partial charge in [0.1, 0.15) is 43.2 Å². The van der Waals surface area contributed by atoms with E-state index in [1.807, 2.05) is 0 Å². The Labute approximate surface area is 337 Å². The lowest BCUT2D eigenvalue weighted by Crippen LogP contribution is -2.64. The second kappa shape index (κ2) is 33.4. The first-order chi connectivity index (χ1) is 26.9. The number of hydrogen-bond donors (Lipinski definition) is 6. The molecule has 0 aromatic heterocycles. The largest absolute Gasteiger partial charge is 0.472 e. The van der Waals surface area contributed by atoms with Gasteiger partial charge in [0.05, 0.1) is 6.61 Å². The zero-order chi connectivity index (χ0) is 41.4. The number of unbranched alkanes of at least 4 members (excludes halogenated alkanes) is 22. The summed E-state index contributed by atoms with van der Waals surface area (Å²) in [6.07, 6.45) is 19.9. The van der Waals surface area contributed by atoms with Crippen LogP contribution in [0, 0.1) is 0 Å². The number of esters is 2. The van der Waals surface area contributed by atoms with Gasteiger partial charge in [0.2, 0.25) is 0 Å². The number of ether oxygens (including phenoxy) is 2. The Hall–Kier alpha value is -1.41. The van der Waals surface area contributed by atoms with Gasteiger partial charge in [0, 0.05) is 12.8 Å². The van der Waals surface area contributed by atoms with Crippen molar-refractivity contribution in [2.24, 2.45) is 0 Å². The summed E-state index contributed by atoms with van der Waals surface area (Å²) < 4.78 is 33.4. The van der Waals surface area contributed by atoms with E-state index < -0.39 is 75.7 Å². The summed E-state index contributed by atoms with van der Waals surface area (Å²) in [4.78, 5) is 35.6. The van der Waals surface area contributed by atoms with Gasteiger partial charge in [-0.2, -0.15) is 0 Å². The van der Waals surface area contributed by atoms with E-state index in [0.29, 0.717) is 12.8 Å². The molecule has 1 aliphatic carbocycles. The highest BCUT2D eigenvalue weighted by atomic mass is 31.2. The minimum Gasteiger partial charge on any atom is -0.462 e. The third-order valence-electron chi connectivity index (χ3n) is 10.4. The van der Waals surface area contributed by atoms with Gasteiger partial charge in [-0.05, 0) is 38.5 Å². The summed E-state index contributed by atoms with van der Waals surface area (Å²) in [7, 11) is -5.11. The molecule has 0 saturated heterocycles. The third kappa shape index (κ3) is 25.8. The van der Waals surface area contributed by atoms with E-state index in [4.69, 9.17) is 18.5 Å². The van der Waals surface area contributed by atoms with E-state index in [1.54, 1.807) is 0 Å². The van der Waals surface area contributed by atoms with E-state index in [2.05, 4.69) is 26.0 Å². The summed E-state index contributed by atoms with van der Waals surface area (Å²) in [6.45, 7) is 3.26. The maximum atomic E-state index is 12.8. The molecule has 56 heavy (non-hydrogen) atoms. The first-order valence-electron chi connectivity index (χ1n) is 22.0. The molecule has 0 spiro atoms. The van der Waals surface area contributed by atoms with Crippen LogP contribution < -0.4 is 0 Å². The predicted molar refractivity (Wildman–Crippen MR) is 217 cm³/mol. The van der Waals surface area contributed by atoms with Crippen molar-refractivity contribution in [3.63, 3.8) is 0 Å². The predicted octanol–water partition coefficient (Wildman–Crippen LogP) is 7.89. The molecule has 14 heteroatoms. The fraction of sp³-hybridized carbons (Fsp3) is 0.905. The number of carbonyl (C=O) groups excluding carboxylic acids is 2. The van der Waals surface area contributed by atoms with E-state index in [9.17, 15) is 44.6 Å². The molecule has 6 N–H and O–H groups in total. The van der Waals surface area contributed by atoms with Crippen molar-refractivity contribution in [3.05, 3.63) is 12.2 Å². The Morgan fingerprint density at radius 1 is 0.536 bits per heavy atom. The van der Waals surface area contributed by atoms with E-state index >= 15 is 0 Å². The van der Waals surface area contributed by atoms with Gasteiger partial charge in [-0.15, -0.1) is 0 Å². The number of carbonyl (C=O) groups is 2. The molecule has 1 aliphatic rings. The van der Waals surface area contributed by atoms with Crippen LogP contribution in [0.4, 0.5) is 0 Å². The SMILES string of the molecule is CCCCC/C=C/CCCCCCCC(=O)OC[C@H](COP(=O)(O)OC1C(O)C(O)C(O)[C@H](O)C1O)OC(=O)CCCCCCCCCCCCCCCCC. The molecule has 0 aliphatic heterocycles. The van der Waals surface area contributed by atoms with Crippen molar-refractivity contribution >= 4 is 19.8 Å². The maximum absolute atomic E-state index is 12.8. The van der Waals surface area contributed by atoms with Crippen LogP contribution in [0.25, 0.3) is 0 Å². The van der Waals surface area contributed by atoms with Crippen molar-refractivity contribution in [2.75, 3.05) is 13.2 Å². The third-order valence-corrected chi connectivity index (χ3v) is 11.3. The van der Waals surface area contributed by atoms with Crippen LogP contribution in [0.1, 0.15) is 187 Å². The lowest BCUT2D eigenvalue weighted by molar-refractivity contribution is -0.220. The fourth-order valence-corrected chi connectivity index (χ4v) is 7.73. The molecule has 0 aromatic rings. The minimum absolute atomic E-state index is 0.100. The highest BCUT2D eigenvalue weighted by molar-refractivity contribution is 7.47. The van der Waals surface area contributed by atoms with Crippen LogP contribution in [0.5, 0.6) is 0 Å². The van der Waals surface area contributed by atoms with Crippen molar-refractivity contribution < 1.29 is 63.1 Å². The molecule has 0 radical (unpaired) electrons. The first-order valence-corrected chi connectivity index (χ1v) is 23.5. The van der Waals surface area contributed by atoms with Crippen LogP contribution in [-0.4, -0.2) is 98.3 Å². The highest BCUT2D eigenvalue weighted by Crippen LogP contribution is 2.47. The second-order valence-corrected chi connectivity index (χ2v) is 17.0. The van der Waals surface area contributed by atoms with Crippen LogP contribution in [-0.2, 0) is 32.7 Å². The number of hydrogen-bond acceptors (Lipinski definition) is 12. The summed E-state index contributed by atoms with van der Waals surface area (Å²) in [6, 6.07) is 0. The Bertz CT molecular complexity index is 1040. The van der Waals surface area contributed by atoms with Crippen LogP contribution >= 0.6 is 7.82 Å².